The molecule has 0 amide bonds. The molecule has 1 atom stereocenters. The van der Waals surface area contributed by atoms with Crippen molar-refractivity contribution in [2.24, 2.45) is 0 Å². The van der Waals surface area contributed by atoms with Gasteiger partial charge in [0.25, 0.3) is 0 Å². The van der Waals surface area contributed by atoms with Gasteiger partial charge in [0, 0.05) is 30.7 Å². The molecule has 0 saturated carbocycles. The number of hydrogen-bond donors (Lipinski definition) is 1. The lowest BCUT2D eigenvalue weighted by atomic mass is 9.93. The predicted octanol–water partition coefficient (Wildman–Crippen LogP) is 2.64. The Morgan fingerprint density at radius 1 is 1.33 bits per heavy atom. The van der Waals surface area contributed by atoms with Gasteiger partial charge in [0.05, 0.1) is 0 Å². The molecular formula is C13H28N2. The van der Waals surface area contributed by atoms with Gasteiger partial charge < -0.3 is 5.32 Å². The zero-order chi connectivity index (χ0) is 11.5. The molecule has 2 heteroatoms. The number of likely N-dealkylation sites (tertiary alicyclic amines) is 1. The normalized spacial score (nSPS) is 24.0. The van der Waals surface area contributed by atoms with Crippen LogP contribution < -0.4 is 5.32 Å². The molecular weight excluding hydrogens is 184 g/mol. The first-order valence-corrected chi connectivity index (χ1v) is 6.53. The maximum absolute atomic E-state index is 3.65. The lowest BCUT2D eigenvalue weighted by Gasteiger charge is -2.37. The Hall–Kier alpha value is -0.0800. The Bertz CT molecular complexity index is 185. The quantitative estimate of drug-likeness (QED) is 0.753. The van der Waals surface area contributed by atoms with Gasteiger partial charge in [-0.15, -0.1) is 0 Å². The molecule has 1 N–H and O–H groups in total. The maximum Gasteiger partial charge on any atom is 0.0209 e. The van der Waals surface area contributed by atoms with Crippen LogP contribution in [0.15, 0.2) is 0 Å². The summed E-state index contributed by atoms with van der Waals surface area (Å²) in [5.41, 5.74) is 0.424. The minimum atomic E-state index is 0.424. The van der Waals surface area contributed by atoms with Gasteiger partial charge in [0.1, 0.15) is 0 Å². The molecule has 0 spiro atoms. The van der Waals surface area contributed by atoms with Crippen LogP contribution in [0.3, 0.4) is 0 Å². The van der Waals surface area contributed by atoms with E-state index in [0.29, 0.717) is 17.6 Å². The zero-order valence-electron chi connectivity index (χ0n) is 11.1. The smallest absolute Gasteiger partial charge is 0.0209 e. The Morgan fingerprint density at radius 2 is 1.93 bits per heavy atom. The number of nitrogens with one attached hydrogen (secondary N) is 1. The molecule has 15 heavy (non-hydrogen) atoms. The molecule has 1 heterocycles. The molecule has 1 saturated heterocycles. The molecule has 0 aromatic rings. The molecule has 1 rings (SSSR count). The highest BCUT2D eigenvalue weighted by atomic mass is 15.2. The van der Waals surface area contributed by atoms with Crippen LogP contribution in [-0.4, -0.2) is 35.6 Å². The van der Waals surface area contributed by atoms with E-state index in [9.17, 15) is 0 Å². The number of hydrogen-bond acceptors (Lipinski definition) is 2. The second-order valence-corrected chi connectivity index (χ2v) is 5.46. The number of nitrogens with zero attached hydrogens (tertiary/aromatic N) is 1. The SMILES string of the molecule is CCC(C)(CC)N1CCC(NC(C)C)C1. The van der Waals surface area contributed by atoms with E-state index in [1.807, 2.05) is 0 Å². The van der Waals surface area contributed by atoms with E-state index in [0.717, 1.165) is 0 Å². The van der Waals surface area contributed by atoms with Crippen molar-refractivity contribution in [1.29, 1.82) is 0 Å². The summed E-state index contributed by atoms with van der Waals surface area (Å²) >= 11 is 0. The largest absolute Gasteiger partial charge is 0.310 e. The standard InChI is InChI=1S/C13H28N2/c1-6-13(5,7-2)15-9-8-12(10-15)14-11(3)4/h11-12,14H,6-10H2,1-5H3. The molecule has 0 aromatic carbocycles. The van der Waals surface area contributed by atoms with Crippen LogP contribution in [0.25, 0.3) is 0 Å². The van der Waals surface area contributed by atoms with Gasteiger partial charge in [0.2, 0.25) is 0 Å². The van der Waals surface area contributed by atoms with Crippen molar-refractivity contribution in [3.63, 3.8) is 0 Å². The zero-order valence-corrected chi connectivity index (χ0v) is 11.1. The van der Waals surface area contributed by atoms with E-state index < -0.39 is 0 Å². The molecule has 2 nitrogen and oxygen atoms in total. The fraction of sp³-hybridized carbons (Fsp3) is 1.00. The van der Waals surface area contributed by atoms with E-state index in [1.54, 1.807) is 0 Å². The lowest BCUT2D eigenvalue weighted by molar-refractivity contribution is 0.121. The molecule has 0 aromatic heterocycles. The molecule has 1 aliphatic rings. The van der Waals surface area contributed by atoms with Crippen LogP contribution in [0.5, 0.6) is 0 Å². The van der Waals surface area contributed by atoms with Gasteiger partial charge in [-0.3, -0.25) is 4.90 Å². The third-order valence-electron chi connectivity index (χ3n) is 4.04. The first-order chi connectivity index (χ1) is 7.01. The van der Waals surface area contributed by atoms with Crippen molar-refractivity contribution < 1.29 is 0 Å². The first kappa shape index (κ1) is 13.0. The van der Waals surface area contributed by atoms with Gasteiger partial charge in [-0.25, -0.2) is 0 Å². The topological polar surface area (TPSA) is 15.3 Å². The Balaban J connectivity index is 2.48. The predicted molar refractivity (Wildman–Crippen MR) is 67.2 cm³/mol. The summed E-state index contributed by atoms with van der Waals surface area (Å²) in [4.78, 5) is 2.67. The Labute approximate surface area is 95.4 Å². The third kappa shape index (κ3) is 3.18. The van der Waals surface area contributed by atoms with Crippen molar-refractivity contribution in [2.45, 2.75) is 71.5 Å². The maximum atomic E-state index is 3.65. The highest BCUT2D eigenvalue weighted by Gasteiger charge is 2.34. The second kappa shape index (κ2) is 5.31. The summed E-state index contributed by atoms with van der Waals surface area (Å²) in [5.74, 6) is 0. The minimum absolute atomic E-state index is 0.424. The average Bonchev–Trinajstić information content (AvgIpc) is 2.64. The van der Waals surface area contributed by atoms with Gasteiger partial charge >= 0.3 is 0 Å². The number of rotatable bonds is 5. The highest BCUT2D eigenvalue weighted by Crippen LogP contribution is 2.27. The molecule has 1 unspecified atom stereocenters. The van der Waals surface area contributed by atoms with Gasteiger partial charge in [0.15, 0.2) is 0 Å². The van der Waals surface area contributed by atoms with E-state index in [2.05, 4.69) is 44.8 Å². The summed E-state index contributed by atoms with van der Waals surface area (Å²) in [6, 6.07) is 1.33. The summed E-state index contributed by atoms with van der Waals surface area (Å²) in [6.07, 6.45) is 3.84. The second-order valence-electron chi connectivity index (χ2n) is 5.46. The van der Waals surface area contributed by atoms with Gasteiger partial charge in [-0.2, -0.15) is 0 Å². The van der Waals surface area contributed by atoms with E-state index in [4.69, 9.17) is 0 Å². The summed E-state index contributed by atoms with van der Waals surface area (Å²) < 4.78 is 0. The monoisotopic (exact) mass is 212 g/mol. The van der Waals surface area contributed by atoms with Crippen LogP contribution in [-0.2, 0) is 0 Å². The fourth-order valence-electron chi connectivity index (χ4n) is 2.56. The van der Waals surface area contributed by atoms with Crippen molar-refractivity contribution in [3.8, 4) is 0 Å². The molecule has 0 radical (unpaired) electrons. The Kier molecular flexibility index (Phi) is 4.60. The summed E-state index contributed by atoms with van der Waals surface area (Å²) in [6.45, 7) is 14.0. The molecule has 0 aliphatic carbocycles. The van der Waals surface area contributed by atoms with Crippen molar-refractivity contribution >= 4 is 0 Å². The lowest BCUT2D eigenvalue weighted by Crippen LogP contribution is -2.46. The summed E-state index contributed by atoms with van der Waals surface area (Å²) in [5, 5.41) is 3.65. The molecule has 1 fully saturated rings. The summed E-state index contributed by atoms with van der Waals surface area (Å²) in [7, 11) is 0. The molecule has 1 aliphatic heterocycles. The third-order valence-corrected chi connectivity index (χ3v) is 4.04. The van der Waals surface area contributed by atoms with Crippen molar-refractivity contribution in [3.05, 3.63) is 0 Å². The van der Waals surface area contributed by atoms with E-state index >= 15 is 0 Å². The van der Waals surface area contributed by atoms with Crippen LogP contribution in [0.2, 0.25) is 0 Å². The van der Waals surface area contributed by atoms with Crippen molar-refractivity contribution in [1.82, 2.24) is 10.2 Å². The Morgan fingerprint density at radius 3 is 2.40 bits per heavy atom. The average molecular weight is 212 g/mol. The van der Waals surface area contributed by atoms with Gasteiger partial charge in [-0.1, -0.05) is 27.7 Å². The first-order valence-electron chi connectivity index (χ1n) is 6.53. The van der Waals surface area contributed by atoms with E-state index in [-0.39, 0.29) is 0 Å². The highest BCUT2D eigenvalue weighted by molar-refractivity contribution is 4.92. The minimum Gasteiger partial charge on any atom is -0.310 e. The molecule has 0 bridgehead atoms. The van der Waals surface area contributed by atoms with E-state index in [1.165, 1.54) is 32.4 Å². The van der Waals surface area contributed by atoms with Gasteiger partial charge in [-0.05, 0) is 26.2 Å². The van der Waals surface area contributed by atoms with Crippen molar-refractivity contribution in [2.75, 3.05) is 13.1 Å². The van der Waals surface area contributed by atoms with Crippen LogP contribution >= 0.6 is 0 Å². The van der Waals surface area contributed by atoms with Crippen LogP contribution in [0.4, 0.5) is 0 Å². The van der Waals surface area contributed by atoms with Crippen LogP contribution in [0, 0.1) is 0 Å². The fourth-order valence-corrected chi connectivity index (χ4v) is 2.56. The van der Waals surface area contributed by atoms with Crippen LogP contribution in [0.1, 0.15) is 53.9 Å². The molecule has 90 valence electrons.